The highest BCUT2D eigenvalue weighted by atomic mass is 35.5. The summed E-state index contributed by atoms with van der Waals surface area (Å²) >= 11 is 0. The summed E-state index contributed by atoms with van der Waals surface area (Å²) < 4.78 is 20.4. The van der Waals surface area contributed by atoms with Gasteiger partial charge in [-0.3, -0.25) is 0 Å². The van der Waals surface area contributed by atoms with Gasteiger partial charge in [-0.1, -0.05) is 104 Å². The average molecular weight is 604 g/mol. The van der Waals surface area contributed by atoms with E-state index in [1.165, 1.54) is 116 Å². The Morgan fingerprint density at radius 1 is 0.475 bits per heavy atom. The van der Waals surface area contributed by atoms with Crippen molar-refractivity contribution in [2.75, 3.05) is 13.2 Å². The molecular formula is C32H60Cl2N4O2. The van der Waals surface area contributed by atoms with Crippen LogP contribution in [0.2, 0.25) is 0 Å². The van der Waals surface area contributed by atoms with Gasteiger partial charge in [0.15, 0.2) is 13.5 Å². The van der Waals surface area contributed by atoms with Gasteiger partial charge >= 0.3 is 0 Å². The maximum absolute atomic E-state index is 5.80. The molecule has 0 unspecified atom stereocenters. The predicted molar refractivity (Wildman–Crippen MR) is 156 cm³/mol. The van der Waals surface area contributed by atoms with Crippen molar-refractivity contribution in [2.45, 2.75) is 156 Å². The molecule has 0 N–H and O–H groups in total. The van der Waals surface area contributed by atoms with E-state index in [0.29, 0.717) is 26.7 Å². The second kappa shape index (κ2) is 28.1. The zero-order valence-corrected chi connectivity index (χ0v) is 27.3. The Bertz CT molecular complexity index is 720. The molecule has 0 saturated heterocycles. The number of aryl methyl sites for hydroxylation is 2. The molecule has 0 saturated carbocycles. The second-order valence-corrected chi connectivity index (χ2v) is 11.1. The average Bonchev–Trinajstić information content (AvgIpc) is 3.58. The van der Waals surface area contributed by atoms with Gasteiger partial charge in [-0.15, -0.1) is 0 Å². The number of imidazole rings is 2. The first kappa shape index (κ1) is 38.9. The van der Waals surface area contributed by atoms with Gasteiger partial charge in [0, 0.05) is 0 Å². The molecule has 0 atom stereocenters. The summed E-state index contributed by atoms with van der Waals surface area (Å²) in [6.45, 7) is 9.14. The highest BCUT2D eigenvalue weighted by molar-refractivity contribution is 4.66. The van der Waals surface area contributed by atoms with E-state index < -0.39 is 0 Å². The summed E-state index contributed by atoms with van der Waals surface area (Å²) in [4.78, 5) is 0. The molecule has 0 aliphatic heterocycles. The topological polar surface area (TPSA) is 36.1 Å². The van der Waals surface area contributed by atoms with Gasteiger partial charge in [0.25, 0.3) is 0 Å². The van der Waals surface area contributed by atoms with Crippen molar-refractivity contribution < 1.29 is 43.4 Å². The molecule has 6 nitrogen and oxygen atoms in total. The first-order valence-corrected chi connectivity index (χ1v) is 16.1. The van der Waals surface area contributed by atoms with E-state index in [1.807, 2.05) is 0 Å². The molecule has 2 aromatic heterocycles. The molecule has 0 fully saturated rings. The summed E-state index contributed by atoms with van der Waals surface area (Å²) in [5.74, 6) is 0. The predicted octanol–water partition coefficient (Wildman–Crippen LogP) is 1.58. The first-order chi connectivity index (χ1) is 18.8. The molecular weight excluding hydrogens is 543 g/mol. The summed E-state index contributed by atoms with van der Waals surface area (Å²) in [5.41, 5.74) is 0. The summed E-state index contributed by atoms with van der Waals surface area (Å²) in [7, 11) is 0. The third-order valence-corrected chi connectivity index (χ3v) is 7.38. The van der Waals surface area contributed by atoms with Gasteiger partial charge in [0.2, 0.25) is 12.7 Å². The van der Waals surface area contributed by atoms with Crippen molar-refractivity contribution >= 4 is 0 Å². The van der Waals surface area contributed by atoms with Crippen LogP contribution in [0.1, 0.15) is 129 Å². The minimum atomic E-state index is 0. The molecule has 234 valence electrons. The summed E-state index contributed by atoms with van der Waals surface area (Å²) in [6.07, 6.45) is 37.5. The lowest BCUT2D eigenvalue weighted by atomic mass is 10.1. The molecule has 0 aliphatic carbocycles. The van der Waals surface area contributed by atoms with Crippen LogP contribution in [0.25, 0.3) is 0 Å². The molecule has 2 rings (SSSR count). The maximum atomic E-state index is 5.80. The SMILES string of the molecule is CCCCCCCCCCCn1cc[n+](COCCOC[n+]2ccn(CCCCCCCCCCC)c2)c1.[Cl-].[Cl-]. The fourth-order valence-electron chi connectivity index (χ4n) is 4.96. The third-order valence-electron chi connectivity index (χ3n) is 7.38. The van der Waals surface area contributed by atoms with Crippen LogP contribution in [0, 0.1) is 0 Å². The van der Waals surface area contributed by atoms with Crippen LogP contribution in [0.15, 0.2) is 37.4 Å². The summed E-state index contributed by atoms with van der Waals surface area (Å²) in [5, 5.41) is 0. The van der Waals surface area contributed by atoms with E-state index in [4.69, 9.17) is 9.47 Å². The quantitative estimate of drug-likeness (QED) is 0.115. The van der Waals surface area contributed by atoms with Crippen LogP contribution < -0.4 is 33.9 Å². The lowest BCUT2D eigenvalue weighted by Gasteiger charge is -2.03. The first-order valence-electron chi connectivity index (χ1n) is 16.1. The maximum Gasteiger partial charge on any atom is 0.245 e. The van der Waals surface area contributed by atoms with Crippen molar-refractivity contribution in [1.29, 1.82) is 0 Å². The molecule has 0 spiro atoms. The van der Waals surface area contributed by atoms with E-state index in [0.717, 1.165) is 13.1 Å². The number of hydrogen-bond donors (Lipinski definition) is 0. The van der Waals surface area contributed by atoms with E-state index in [1.54, 1.807) is 0 Å². The Hall–Kier alpha value is -1.08. The molecule has 0 aromatic carbocycles. The van der Waals surface area contributed by atoms with Crippen molar-refractivity contribution in [1.82, 2.24) is 9.13 Å². The van der Waals surface area contributed by atoms with Crippen LogP contribution in [0.3, 0.4) is 0 Å². The highest BCUT2D eigenvalue weighted by Gasteiger charge is 2.05. The zero-order chi connectivity index (χ0) is 26.9. The molecule has 0 aliphatic rings. The Labute approximate surface area is 258 Å². The van der Waals surface area contributed by atoms with Crippen LogP contribution in [0.4, 0.5) is 0 Å². The van der Waals surface area contributed by atoms with Gasteiger partial charge in [-0.2, -0.15) is 0 Å². The minimum Gasteiger partial charge on any atom is -1.00 e. The molecule has 40 heavy (non-hydrogen) atoms. The second-order valence-electron chi connectivity index (χ2n) is 11.1. The number of unbranched alkanes of at least 4 members (excludes halogenated alkanes) is 16. The number of nitrogens with zero attached hydrogens (tertiary/aromatic N) is 4. The van der Waals surface area contributed by atoms with Crippen LogP contribution in [-0.2, 0) is 36.0 Å². The number of hydrogen-bond acceptors (Lipinski definition) is 2. The van der Waals surface area contributed by atoms with Gasteiger partial charge in [0.1, 0.15) is 24.8 Å². The lowest BCUT2D eigenvalue weighted by molar-refractivity contribution is -0.737. The Kier molecular flexibility index (Phi) is 27.3. The zero-order valence-electron chi connectivity index (χ0n) is 25.8. The number of aromatic nitrogens is 4. The number of ether oxygens (including phenoxy) is 2. The fraction of sp³-hybridized carbons (Fsp3) is 0.812. The van der Waals surface area contributed by atoms with Gasteiger partial charge < -0.3 is 34.3 Å². The summed E-state index contributed by atoms with van der Waals surface area (Å²) in [6, 6.07) is 0. The smallest absolute Gasteiger partial charge is 0.245 e. The van der Waals surface area contributed by atoms with E-state index in [9.17, 15) is 0 Å². The van der Waals surface area contributed by atoms with Crippen molar-refractivity contribution in [3.8, 4) is 0 Å². The van der Waals surface area contributed by atoms with Gasteiger partial charge in [0.05, 0.1) is 26.3 Å². The van der Waals surface area contributed by atoms with Crippen LogP contribution in [-0.4, -0.2) is 22.3 Å². The Morgan fingerprint density at radius 3 is 1.15 bits per heavy atom. The molecule has 0 bridgehead atoms. The monoisotopic (exact) mass is 602 g/mol. The van der Waals surface area contributed by atoms with Gasteiger partial charge in [-0.25, -0.2) is 18.3 Å². The van der Waals surface area contributed by atoms with E-state index in [2.05, 4.69) is 69.6 Å². The standard InChI is InChI=1S/C32H60N4O2.2ClH/c1-3-5-7-9-11-13-15-17-19-21-33-23-25-35(29-33)31-37-27-28-38-32-36-26-24-34(30-36)22-20-18-16-14-12-10-8-6-4-2;;/h23-26,29-30H,3-22,27-28,31-32H2,1-2H3;2*1H/q+2;;/p-2. The number of halogens is 2. The molecule has 0 amide bonds. The molecule has 2 heterocycles. The lowest BCUT2D eigenvalue weighted by Crippen LogP contribution is -3.00. The van der Waals surface area contributed by atoms with Gasteiger partial charge in [-0.05, 0) is 25.7 Å². The van der Waals surface area contributed by atoms with Crippen LogP contribution >= 0.6 is 0 Å². The normalized spacial score (nSPS) is 10.9. The Balaban J connectivity index is 0.00000760. The van der Waals surface area contributed by atoms with Crippen molar-refractivity contribution in [2.24, 2.45) is 0 Å². The molecule has 0 radical (unpaired) electrons. The fourth-order valence-corrected chi connectivity index (χ4v) is 4.96. The van der Waals surface area contributed by atoms with Crippen LogP contribution in [0.5, 0.6) is 0 Å². The largest absolute Gasteiger partial charge is 1.00 e. The number of rotatable bonds is 27. The minimum absolute atomic E-state index is 0. The highest BCUT2D eigenvalue weighted by Crippen LogP contribution is 2.11. The van der Waals surface area contributed by atoms with Crippen molar-refractivity contribution in [3.05, 3.63) is 37.4 Å². The van der Waals surface area contributed by atoms with E-state index in [-0.39, 0.29) is 24.8 Å². The molecule has 8 heteroatoms. The Morgan fingerprint density at radius 2 is 0.800 bits per heavy atom. The van der Waals surface area contributed by atoms with Crippen molar-refractivity contribution in [3.63, 3.8) is 0 Å². The van der Waals surface area contributed by atoms with E-state index >= 15 is 0 Å². The molecule has 2 aromatic rings. The third kappa shape index (κ3) is 20.7.